The van der Waals surface area contributed by atoms with E-state index in [9.17, 15) is 9.59 Å². The highest BCUT2D eigenvalue weighted by Crippen LogP contribution is 2.22. The monoisotopic (exact) mass is 396 g/mol. The zero-order chi connectivity index (χ0) is 20.4. The van der Waals surface area contributed by atoms with Gasteiger partial charge >= 0.3 is 0 Å². The van der Waals surface area contributed by atoms with Gasteiger partial charge in [-0.3, -0.25) is 9.59 Å². The topological polar surface area (TPSA) is 86.1 Å². The smallest absolute Gasteiger partial charge is 0.263 e. The molecule has 2 aliphatic rings. The molecule has 2 aromatic rings. The summed E-state index contributed by atoms with van der Waals surface area (Å²) in [7, 11) is 0. The number of aromatic nitrogens is 3. The summed E-state index contributed by atoms with van der Waals surface area (Å²) in [5.74, 6) is 0.413. The Morgan fingerprint density at radius 1 is 1.28 bits per heavy atom. The predicted octanol–water partition coefficient (Wildman–Crippen LogP) is 1.90. The molecule has 3 heterocycles. The number of hydrogen-bond donors (Lipinski definition) is 1. The molecule has 1 unspecified atom stereocenters. The quantitative estimate of drug-likeness (QED) is 0.806. The largest absolute Gasteiger partial charge is 0.376 e. The van der Waals surface area contributed by atoms with Crippen LogP contribution in [-0.4, -0.2) is 39.7 Å². The zero-order valence-corrected chi connectivity index (χ0v) is 17.2. The van der Waals surface area contributed by atoms with Crippen LogP contribution in [-0.2, 0) is 30.5 Å². The van der Waals surface area contributed by atoms with Gasteiger partial charge in [0.25, 0.3) is 11.5 Å². The maximum atomic E-state index is 12.8. The third kappa shape index (κ3) is 4.24. The van der Waals surface area contributed by atoms with Crippen molar-refractivity contribution in [2.24, 2.45) is 0 Å². The fourth-order valence-electron chi connectivity index (χ4n) is 4.26. The fraction of sp³-hybridized carbons (Fsp3) is 0.545. The first-order valence-corrected chi connectivity index (χ1v) is 10.5. The molecule has 4 rings (SSSR count). The summed E-state index contributed by atoms with van der Waals surface area (Å²) in [4.78, 5) is 34.8. The van der Waals surface area contributed by atoms with Crippen LogP contribution in [0.3, 0.4) is 0 Å². The van der Waals surface area contributed by atoms with Crippen LogP contribution in [0, 0.1) is 13.8 Å². The Balaban J connectivity index is 1.42. The second kappa shape index (κ2) is 8.45. The number of carbonyl (C=O) groups is 1. The third-order valence-electron chi connectivity index (χ3n) is 5.85. The van der Waals surface area contributed by atoms with Crippen molar-refractivity contribution < 1.29 is 9.53 Å². The number of rotatable bonds is 6. The Morgan fingerprint density at radius 2 is 2.14 bits per heavy atom. The molecule has 2 aromatic heterocycles. The van der Waals surface area contributed by atoms with Crippen molar-refractivity contribution in [3.05, 3.63) is 56.5 Å². The fourth-order valence-corrected chi connectivity index (χ4v) is 4.26. The molecule has 0 spiro atoms. The Morgan fingerprint density at radius 3 is 2.93 bits per heavy atom. The lowest BCUT2D eigenvalue weighted by Gasteiger charge is -2.14. The average molecular weight is 396 g/mol. The van der Waals surface area contributed by atoms with Gasteiger partial charge in [0.15, 0.2) is 0 Å². The molecule has 1 saturated heterocycles. The van der Waals surface area contributed by atoms with Crippen LogP contribution in [0.5, 0.6) is 0 Å². The van der Waals surface area contributed by atoms with Crippen molar-refractivity contribution in [3.63, 3.8) is 0 Å². The minimum atomic E-state index is -0.341. The van der Waals surface area contributed by atoms with Crippen molar-refractivity contribution in [1.82, 2.24) is 19.9 Å². The molecule has 1 atom stereocenters. The molecule has 1 N–H and O–H groups in total. The molecule has 1 aliphatic carbocycles. The van der Waals surface area contributed by atoms with E-state index in [1.807, 2.05) is 13.0 Å². The molecule has 7 heteroatoms. The Labute approximate surface area is 170 Å². The number of ether oxygens (including phenoxy) is 1. The first-order valence-electron chi connectivity index (χ1n) is 10.5. The van der Waals surface area contributed by atoms with Crippen LogP contribution in [0.25, 0.3) is 0 Å². The second-order valence-corrected chi connectivity index (χ2v) is 7.98. The second-order valence-electron chi connectivity index (χ2n) is 7.98. The number of nitrogens with one attached hydrogen (secondary N) is 1. The van der Waals surface area contributed by atoms with E-state index < -0.39 is 0 Å². The van der Waals surface area contributed by atoms with Gasteiger partial charge in [0, 0.05) is 37.2 Å². The van der Waals surface area contributed by atoms with Gasteiger partial charge in [-0.25, -0.2) is 9.97 Å². The Hall–Kier alpha value is -2.54. The van der Waals surface area contributed by atoms with E-state index >= 15 is 0 Å². The molecule has 1 fully saturated rings. The molecule has 154 valence electrons. The standard InChI is InChI=1S/C22H28N4O3/c1-14-9-11-26(13-16-5-4-12-29-16)22(28)20(14)21(27)23-10-8-19-24-15(2)17-6-3-7-18(17)25-19/h9,11,16H,3-8,10,12-13H2,1-2H3,(H,23,27). The number of fused-ring (bicyclic) bond motifs is 1. The summed E-state index contributed by atoms with van der Waals surface area (Å²) in [6.45, 7) is 5.44. The lowest BCUT2D eigenvalue weighted by atomic mass is 10.1. The minimum Gasteiger partial charge on any atom is -0.376 e. The maximum Gasteiger partial charge on any atom is 0.263 e. The summed E-state index contributed by atoms with van der Waals surface area (Å²) in [5, 5.41) is 2.87. The average Bonchev–Trinajstić information content (AvgIpc) is 3.36. The van der Waals surface area contributed by atoms with E-state index in [2.05, 4.69) is 15.3 Å². The molecule has 0 saturated carbocycles. The molecule has 7 nitrogen and oxygen atoms in total. The molecule has 1 amide bonds. The van der Waals surface area contributed by atoms with Crippen LogP contribution in [0.2, 0.25) is 0 Å². The van der Waals surface area contributed by atoms with Crippen LogP contribution < -0.4 is 10.9 Å². The first-order chi connectivity index (χ1) is 14.0. The lowest BCUT2D eigenvalue weighted by molar-refractivity contribution is 0.0930. The van der Waals surface area contributed by atoms with Gasteiger partial charge in [0.05, 0.1) is 12.6 Å². The number of pyridine rings is 1. The SMILES string of the molecule is Cc1ccn(CC2CCCO2)c(=O)c1C(=O)NCCc1nc(C)c2c(n1)CCC2. The van der Waals surface area contributed by atoms with Crippen molar-refractivity contribution in [1.29, 1.82) is 0 Å². The van der Waals surface area contributed by atoms with E-state index in [-0.39, 0.29) is 23.1 Å². The molecule has 0 aromatic carbocycles. The van der Waals surface area contributed by atoms with Gasteiger partial charge in [-0.15, -0.1) is 0 Å². The first kappa shape index (κ1) is 19.8. The summed E-state index contributed by atoms with van der Waals surface area (Å²) in [6, 6.07) is 1.82. The zero-order valence-electron chi connectivity index (χ0n) is 17.2. The third-order valence-corrected chi connectivity index (χ3v) is 5.85. The summed E-state index contributed by atoms with van der Waals surface area (Å²) < 4.78 is 7.21. The molecular formula is C22H28N4O3. The highest BCUT2D eigenvalue weighted by molar-refractivity contribution is 5.95. The van der Waals surface area contributed by atoms with Gasteiger partial charge in [0.1, 0.15) is 11.4 Å². The summed E-state index contributed by atoms with van der Waals surface area (Å²) in [6.07, 6.45) is 7.51. The molecular weight excluding hydrogens is 368 g/mol. The van der Waals surface area contributed by atoms with Crippen LogP contribution in [0.4, 0.5) is 0 Å². The number of amides is 1. The van der Waals surface area contributed by atoms with Crippen molar-refractivity contribution in [2.75, 3.05) is 13.2 Å². The number of nitrogens with zero attached hydrogens (tertiary/aromatic N) is 3. The minimum absolute atomic E-state index is 0.0477. The van der Waals surface area contributed by atoms with Crippen molar-refractivity contribution in [3.8, 4) is 0 Å². The number of carbonyl (C=O) groups excluding carboxylic acids is 1. The lowest BCUT2D eigenvalue weighted by Crippen LogP contribution is -2.36. The predicted molar refractivity (Wildman–Crippen MR) is 109 cm³/mol. The van der Waals surface area contributed by atoms with Gasteiger partial charge in [-0.05, 0) is 63.1 Å². The maximum absolute atomic E-state index is 12.8. The van der Waals surface area contributed by atoms with E-state index in [4.69, 9.17) is 4.74 Å². The van der Waals surface area contributed by atoms with Gasteiger partial charge in [-0.2, -0.15) is 0 Å². The highest BCUT2D eigenvalue weighted by Gasteiger charge is 2.21. The normalized spacial score (nSPS) is 18.1. The van der Waals surface area contributed by atoms with E-state index in [1.54, 1.807) is 17.7 Å². The number of aryl methyl sites for hydroxylation is 3. The molecule has 0 radical (unpaired) electrons. The van der Waals surface area contributed by atoms with Crippen molar-refractivity contribution in [2.45, 2.75) is 65.0 Å². The van der Waals surface area contributed by atoms with Gasteiger partial charge in [-0.1, -0.05) is 0 Å². The Kier molecular flexibility index (Phi) is 5.76. The van der Waals surface area contributed by atoms with E-state index in [0.717, 1.165) is 55.9 Å². The highest BCUT2D eigenvalue weighted by atomic mass is 16.5. The van der Waals surface area contributed by atoms with Crippen molar-refractivity contribution >= 4 is 5.91 Å². The number of hydrogen-bond acceptors (Lipinski definition) is 5. The van der Waals surface area contributed by atoms with E-state index in [1.165, 1.54) is 5.56 Å². The summed E-state index contributed by atoms with van der Waals surface area (Å²) in [5.41, 5.74) is 4.10. The Bertz CT molecular complexity index is 977. The molecule has 29 heavy (non-hydrogen) atoms. The van der Waals surface area contributed by atoms with Gasteiger partial charge in [0.2, 0.25) is 0 Å². The van der Waals surface area contributed by atoms with Crippen LogP contribution in [0.15, 0.2) is 17.1 Å². The molecule has 0 bridgehead atoms. The van der Waals surface area contributed by atoms with E-state index in [0.29, 0.717) is 25.1 Å². The van der Waals surface area contributed by atoms with Gasteiger partial charge < -0.3 is 14.6 Å². The molecule has 1 aliphatic heterocycles. The van der Waals surface area contributed by atoms with Crippen LogP contribution >= 0.6 is 0 Å². The van der Waals surface area contributed by atoms with Crippen LogP contribution in [0.1, 0.15) is 58.0 Å². The summed E-state index contributed by atoms with van der Waals surface area (Å²) >= 11 is 0.